The second-order valence-corrected chi connectivity index (χ2v) is 5.05. The van der Waals surface area contributed by atoms with Crippen LogP contribution < -0.4 is 0 Å². The van der Waals surface area contributed by atoms with E-state index in [1.165, 1.54) is 22.1 Å². The minimum absolute atomic E-state index is 0.973. The van der Waals surface area contributed by atoms with Crippen LogP contribution in [0.4, 0.5) is 0 Å². The van der Waals surface area contributed by atoms with Crippen LogP contribution in [-0.2, 0) is 0 Å². The van der Waals surface area contributed by atoms with Gasteiger partial charge in [0, 0.05) is 4.90 Å². The minimum atomic E-state index is 0.973. The third-order valence-corrected chi connectivity index (χ3v) is 3.69. The van der Waals surface area contributed by atoms with E-state index < -0.39 is 0 Å². The molecule has 0 N–H and O–H groups in total. The van der Waals surface area contributed by atoms with E-state index in [-0.39, 0.29) is 0 Å². The molecule has 0 aromatic heterocycles. The number of thiol groups is 1. The molecule has 0 radical (unpaired) electrons. The molecule has 78 valence electrons. The van der Waals surface area contributed by atoms with Crippen molar-refractivity contribution < 1.29 is 0 Å². The Kier molecular flexibility index (Phi) is 3.98. The molecule has 0 bridgehead atoms. The molecule has 2 aromatic carbocycles. The highest BCUT2D eigenvalue weighted by Crippen LogP contribution is 2.23. The molecule has 0 spiro atoms. The maximum atomic E-state index is 4.21. The summed E-state index contributed by atoms with van der Waals surface area (Å²) in [7, 11) is 0. The number of hydrogen-bond donors (Lipinski definition) is 1. The zero-order valence-electron chi connectivity index (χ0n) is 8.52. The Morgan fingerprint density at radius 3 is 2.60 bits per heavy atom. The molecule has 0 heterocycles. The van der Waals surface area contributed by atoms with Crippen LogP contribution in [0.5, 0.6) is 0 Å². The zero-order valence-corrected chi connectivity index (χ0v) is 10.2. The van der Waals surface area contributed by atoms with E-state index in [9.17, 15) is 0 Å². The summed E-state index contributed by atoms with van der Waals surface area (Å²) in [6.45, 7) is 0. The van der Waals surface area contributed by atoms with Crippen molar-refractivity contribution >= 4 is 35.2 Å². The van der Waals surface area contributed by atoms with Crippen molar-refractivity contribution in [1.82, 2.24) is 0 Å². The Hall–Kier alpha value is -0.600. The minimum Gasteiger partial charge on any atom is -0.179 e. The maximum Gasteiger partial charge on any atom is 0.00783 e. The van der Waals surface area contributed by atoms with Gasteiger partial charge >= 0.3 is 0 Å². The highest BCUT2D eigenvalue weighted by molar-refractivity contribution is 7.99. The number of rotatable bonds is 4. The predicted octanol–water partition coefficient (Wildman–Crippen LogP) is 4.25. The first kappa shape index (κ1) is 10.9. The number of hydrogen-bond acceptors (Lipinski definition) is 2. The number of fused-ring (bicyclic) bond motifs is 1. The van der Waals surface area contributed by atoms with Crippen LogP contribution in [0, 0.1) is 0 Å². The summed E-state index contributed by atoms with van der Waals surface area (Å²) in [5.74, 6) is 2.13. The molecule has 0 unspecified atom stereocenters. The van der Waals surface area contributed by atoms with Crippen LogP contribution in [-0.4, -0.2) is 11.5 Å². The van der Waals surface area contributed by atoms with E-state index in [1.54, 1.807) is 0 Å². The van der Waals surface area contributed by atoms with Crippen LogP contribution in [0.25, 0.3) is 10.8 Å². The van der Waals surface area contributed by atoms with E-state index >= 15 is 0 Å². The molecule has 0 aliphatic heterocycles. The van der Waals surface area contributed by atoms with E-state index in [0.29, 0.717) is 0 Å². The SMILES string of the molecule is SCCCSc1ccc2ccccc2c1. The Labute approximate surface area is 100 Å². The summed E-state index contributed by atoms with van der Waals surface area (Å²) in [6.07, 6.45) is 1.17. The second kappa shape index (κ2) is 5.47. The molecular weight excluding hydrogens is 220 g/mol. The van der Waals surface area contributed by atoms with Gasteiger partial charge in [-0.2, -0.15) is 12.6 Å². The molecule has 0 amide bonds. The molecule has 0 nitrogen and oxygen atoms in total. The highest BCUT2D eigenvalue weighted by atomic mass is 32.2. The normalized spacial score (nSPS) is 10.7. The number of benzene rings is 2. The van der Waals surface area contributed by atoms with Gasteiger partial charge in [0.15, 0.2) is 0 Å². The average Bonchev–Trinajstić information content (AvgIpc) is 2.29. The first-order valence-corrected chi connectivity index (χ1v) is 6.74. The van der Waals surface area contributed by atoms with Crippen molar-refractivity contribution in [1.29, 1.82) is 0 Å². The lowest BCUT2D eigenvalue weighted by Gasteiger charge is -2.02. The topological polar surface area (TPSA) is 0 Å². The van der Waals surface area contributed by atoms with Crippen molar-refractivity contribution in [2.24, 2.45) is 0 Å². The molecule has 0 atom stereocenters. The summed E-state index contributed by atoms with van der Waals surface area (Å²) in [4.78, 5) is 1.36. The first-order valence-electron chi connectivity index (χ1n) is 5.12. The fourth-order valence-electron chi connectivity index (χ4n) is 1.51. The van der Waals surface area contributed by atoms with Gasteiger partial charge in [0.05, 0.1) is 0 Å². The van der Waals surface area contributed by atoms with Crippen molar-refractivity contribution in [2.75, 3.05) is 11.5 Å². The van der Waals surface area contributed by atoms with Gasteiger partial charge in [0.1, 0.15) is 0 Å². The van der Waals surface area contributed by atoms with Gasteiger partial charge < -0.3 is 0 Å². The van der Waals surface area contributed by atoms with Crippen LogP contribution in [0.3, 0.4) is 0 Å². The van der Waals surface area contributed by atoms with Gasteiger partial charge in [-0.05, 0) is 40.8 Å². The molecule has 2 aromatic rings. The zero-order chi connectivity index (χ0) is 10.5. The van der Waals surface area contributed by atoms with Gasteiger partial charge in [-0.15, -0.1) is 11.8 Å². The largest absolute Gasteiger partial charge is 0.179 e. The summed E-state index contributed by atoms with van der Waals surface area (Å²) < 4.78 is 0. The third kappa shape index (κ3) is 2.93. The predicted molar refractivity (Wildman–Crippen MR) is 73.1 cm³/mol. The Bertz CT molecular complexity index is 437. The van der Waals surface area contributed by atoms with Gasteiger partial charge in [-0.3, -0.25) is 0 Å². The smallest absolute Gasteiger partial charge is 0.00783 e. The average molecular weight is 234 g/mol. The summed E-state index contributed by atoms with van der Waals surface area (Å²) in [5, 5.41) is 2.64. The van der Waals surface area contributed by atoms with Crippen LogP contribution in [0.15, 0.2) is 47.4 Å². The molecule has 0 fully saturated rings. The van der Waals surface area contributed by atoms with E-state index in [4.69, 9.17) is 0 Å². The van der Waals surface area contributed by atoms with E-state index in [2.05, 4.69) is 55.1 Å². The van der Waals surface area contributed by atoms with Crippen LogP contribution in [0.1, 0.15) is 6.42 Å². The Morgan fingerprint density at radius 2 is 1.80 bits per heavy atom. The molecule has 2 heteroatoms. The quantitative estimate of drug-likeness (QED) is 0.469. The Balaban J connectivity index is 2.16. The van der Waals surface area contributed by atoms with Crippen molar-refractivity contribution in [3.05, 3.63) is 42.5 Å². The standard InChI is InChI=1S/C13H14S2/c14-8-3-9-15-13-7-6-11-4-1-2-5-12(11)10-13/h1-2,4-7,10,14H,3,8-9H2. The van der Waals surface area contributed by atoms with Gasteiger partial charge in [0.2, 0.25) is 0 Å². The third-order valence-electron chi connectivity index (χ3n) is 2.29. The van der Waals surface area contributed by atoms with E-state index in [1.807, 2.05) is 11.8 Å². The lowest BCUT2D eigenvalue weighted by atomic mass is 10.1. The van der Waals surface area contributed by atoms with Crippen molar-refractivity contribution in [2.45, 2.75) is 11.3 Å². The molecule has 0 saturated carbocycles. The first-order chi connectivity index (χ1) is 7.40. The summed E-state index contributed by atoms with van der Waals surface area (Å²) in [6, 6.07) is 15.1. The fourth-order valence-corrected chi connectivity index (χ4v) is 2.78. The summed E-state index contributed by atoms with van der Waals surface area (Å²) in [5.41, 5.74) is 0. The second-order valence-electron chi connectivity index (χ2n) is 3.43. The van der Waals surface area contributed by atoms with E-state index in [0.717, 1.165) is 11.5 Å². The van der Waals surface area contributed by atoms with Gasteiger partial charge in [0.25, 0.3) is 0 Å². The Morgan fingerprint density at radius 1 is 1.00 bits per heavy atom. The van der Waals surface area contributed by atoms with Crippen molar-refractivity contribution in [3.8, 4) is 0 Å². The number of thioether (sulfide) groups is 1. The van der Waals surface area contributed by atoms with Crippen LogP contribution in [0.2, 0.25) is 0 Å². The lowest BCUT2D eigenvalue weighted by Crippen LogP contribution is -1.81. The maximum absolute atomic E-state index is 4.21. The molecule has 0 saturated heterocycles. The molecular formula is C13H14S2. The summed E-state index contributed by atoms with van der Waals surface area (Å²) >= 11 is 6.12. The molecule has 0 aliphatic rings. The molecule has 2 rings (SSSR count). The molecule has 0 aliphatic carbocycles. The van der Waals surface area contributed by atoms with Gasteiger partial charge in [-0.1, -0.05) is 30.3 Å². The highest BCUT2D eigenvalue weighted by Gasteiger charge is 1.96. The van der Waals surface area contributed by atoms with Gasteiger partial charge in [-0.25, -0.2) is 0 Å². The fraction of sp³-hybridized carbons (Fsp3) is 0.231. The monoisotopic (exact) mass is 234 g/mol. The lowest BCUT2D eigenvalue weighted by molar-refractivity contribution is 1.13. The molecule has 15 heavy (non-hydrogen) atoms. The van der Waals surface area contributed by atoms with Crippen molar-refractivity contribution in [3.63, 3.8) is 0 Å². The van der Waals surface area contributed by atoms with Crippen LogP contribution >= 0.6 is 24.4 Å².